The summed E-state index contributed by atoms with van der Waals surface area (Å²) in [4.78, 5) is 0. The van der Waals surface area contributed by atoms with E-state index in [1.54, 1.807) is 0 Å². The summed E-state index contributed by atoms with van der Waals surface area (Å²) >= 11 is 0. The fourth-order valence-electron chi connectivity index (χ4n) is 3.51. The van der Waals surface area contributed by atoms with Crippen LogP contribution in [-0.4, -0.2) is 50.4 Å². The van der Waals surface area contributed by atoms with Crippen LogP contribution in [-0.2, 0) is 16.5 Å². The summed E-state index contributed by atoms with van der Waals surface area (Å²) in [5, 5.41) is 0. The molecule has 156 valence electrons. The molecule has 1 aromatic carbocycles. The maximum atomic E-state index is 10.7. The van der Waals surface area contributed by atoms with Gasteiger partial charge in [0, 0.05) is 0 Å². The number of quaternary nitrogens is 1. The van der Waals surface area contributed by atoms with Crippen molar-refractivity contribution in [1.29, 1.82) is 0 Å². The van der Waals surface area contributed by atoms with Gasteiger partial charge in [-0.15, -0.1) is 0 Å². The minimum atomic E-state index is -3.80. The zero-order valence-corrected chi connectivity index (χ0v) is 18.2. The van der Waals surface area contributed by atoms with Crippen molar-refractivity contribution in [3.63, 3.8) is 0 Å². The standard InChI is InChI=1S/C22H39NO3S/c1-23(2,20-14-15-21-27(24,25)26)19-13-8-6-4-3-5-7-10-16-22-17-11-9-12-18-22/h9,11-12,17-18H,3-8,10,13-16,19-21H2,1-2H3/p+1. The Labute approximate surface area is 167 Å². The Balaban J connectivity index is 1.91. The van der Waals surface area contributed by atoms with Crippen LogP contribution in [0.3, 0.4) is 0 Å². The van der Waals surface area contributed by atoms with Crippen LogP contribution in [0.5, 0.6) is 0 Å². The molecule has 27 heavy (non-hydrogen) atoms. The number of rotatable bonds is 16. The molecule has 0 aliphatic heterocycles. The molecule has 1 rings (SSSR count). The monoisotopic (exact) mass is 398 g/mol. The molecule has 0 radical (unpaired) electrons. The molecule has 0 saturated carbocycles. The van der Waals surface area contributed by atoms with Crippen molar-refractivity contribution in [3.8, 4) is 0 Å². The third-order valence-corrected chi connectivity index (χ3v) is 6.04. The van der Waals surface area contributed by atoms with Crippen LogP contribution in [0.15, 0.2) is 30.3 Å². The van der Waals surface area contributed by atoms with Crippen molar-refractivity contribution in [2.75, 3.05) is 32.9 Å². The van der Waals surface area contributed by atoms with Gasteiger partial charge in [-0.1, -0.05) is 62.4 Å². The molecule has 1 N–H and O–H groups in total. The van der Waals surface area contributed by atoms with E-state index in [2.05, 4.69) is 44.4 Å². The number of nitrogens with zero attached hydrogens (tertiary/aromatic N) is 1. The first-order valence-electron chi connectivity index (χ1n) is 10.6. The quantitative estimate of drug-likeness (QED) is 0.240. The second-order valence-electron chi connectivity index (χ2n) is 8.44. The molecule has 0 bridgehead atoms. The molecular formula is C22H40NO3S+. The van der Waals surface area contributed by atoms with Crippen LogP contribution in [0.1, 0.15) is 69.8 Å². The SMILES string of the molecule is C[N+](C)(CCCCCCCCCCc1ccccc1)CCCCS(=O)(=O)O. The van der Waals surface area contributed by atoms with Gasteiger partial charge in [0.1, 0.15) is 0 Å². The minimum absolute atomic E-state index is 0.113. The van der Waals surface area contributed by atoms with Gasteiger partial charge in [0.05, 0.1) is 32.9 Å². The Bertz CT molecular complexity index is 585. The largest absolute Gasteiger partial charge is 0.328 e. The van der Waals surface area contributed by atoms with Crippen molar-refractivity contribution in [2.45, 2.75) is 70.6 Å². The third-order valence-electron chi connectivity index (χ3n) is 5.24. The smallest absolute Gasteiger partial charge is 0.264 e. The summed E-state index contributed by atoms with van der Waals surface area (Å²) in [7, 11) is 0.618. The Morgan fingerprint density at radius 3 is 1.78 bits per heavy atom. The Kier molecular flexibility index (Phi) is 11.9. The van der Waals surface area contributed by atoms with Gasteiger partial charge in [0.15, 0.2) is 0 Å². The molecule has 0 aliphatic carbocycles. The number of benzene rings is 1. The lowest BCUT2D eigenvalue weighted by Crippen LogP contribution is -2.41. The van der Waals surface area contributed by atoms with Crippen LogP contribution >= 0.6 is 0 Å². The highest BCUT2D eigenvalue weighted by Gasteiger charge is 2.14. The molecule has 0 aromatic heterocycles. The number of unbranched alkanes of at least 4 members (excludes halogenated alkanes) is 8. The molecule has 0 heterocycles. The van der Waals surface area contributed by atoms with Crippen LogP contribution in [0.2, 0.25) is 0 Å². The van der Waals surface area contributed by atoms with E-state index < -0.39 is 10.1 Å². The van der Waals surface area contributed by atoms with Gasteiger partial charge in [-0.25, -0.2) is 0 Å². The number of hydrogen-bond acceptors (Lipinski definition) is 2. The average Bonchev–Trinajstić information content (AvgIpc) is 2.60. The van der Waals surface area contributed by atoms with E-state index in [9.17, 15) is 8.42 Å². The molecule has 0 aliphatic rings. The van der Waals surface area contributed by atoms with E-state index in [4.69, 9.17) is 4.55 Å². The summed E-state index contributed by atoms with van der Waals surface area (Å²) in [6.45, 7) is 2.11. The molecule has 0 atom stereocenters. The first kappa shape index (κ1) is 24.1. The van der Waals surface area contributed by atoms with Crippen molar-refractivity contribution in [3.05, 3.63) is 35.9 Å². The van der Waals surface area contributed by atoms with E-state index in [0.29, 0.717) is 6.42 Å². The molecule has 0 amide bonds. The molecular weight excluding hydrogens is 358 g/mol. The maximum Gasteiger partial charge on any atom is 0.264 e. The predicted octanol–water partition coefficient (Wildman–Crippen LogP) is 5.09. The molecule has 0 spiro atoms. The van der Waals surface area contributed by atoms with Crippen LogP contribution in [0.25, 0.3) is 0 Å². The molecule has 4 nitrogen and oxygen atoms in total. The van der Waals surface area contributed by atoms with Crippen LogP contribution < -0.4 is 0 Å². The van der Waals surface area contributed by atoms with E-state index in [-0.39, 0.29) is 5.75 Å². The van der Waals surface area contributed by atoms with Crippen molar-refractivity contribution >= 4 is 10.1 Å². The van der Waals surface area contributed by atoms with E-state index in [1.807, 2.05) is 0 Å². The third kappa shape index (κ3) is 14.8. The van der Waals surface area contributed by atoms with Crippen molar-refractivity contribution in [1.82, 2.24) is 0 Å². The maximum absolute atomic E-state index is 10.7. The van der Waals surface area contributed by atoms with Gasteiger partial charge in [0.25, 0.3) is 10.1 Å². The van der Waals surface area contributed by atoms with Crippen LogP contribution in [0.4, 0.5) is 0 Å². The van der Waals surface area contributed by atoms with Gasteiger partial charge in [-0.05, 0) is 44.1 Å². The number of aryl methyl sites for hydroxylation is 1. The van der Waals surface area contributed by atoms with Gasteiger partial charge >= 0.3 is 0 Å². The second-order valence-corrected chi connectivity index (χ2v) is 10.0. The first-order chi connectivity index (χ1) is 12.8. The Hall–Kier alpha value is -0.910. The van der Waals surface area contributed by atoms with Crippen molar-refractivity contribution in [2.24, 2.45) is 0 Å². The predicted molar refractivity (Wildman–Crippen MR) is 115 cm³/mol. The highest BCUT2D eigenvalue weighted by Crippen LogP contribution is 2.12. The molecule has 5 heteroatoms. The van der Waals surface area contributed by atoms with Gasteiger partial charge in [-0.3, -0.25) is 4.55 Å². The van der Waals surface area contributed by atoms with Gasteiger partial charge < -0.3 is 4.48 Å². The average molecular weight is 399 g/mol. The minimum Gasteiger partial charge on any atom is -0.328 e. The summed E-state index contributed by atoms with van der Waals surface area (Å²) in [5.41, 5.74) is 1.45. The second kappa shape index (κ2) is 13.3. The summed E-state index contributed by atoms with van der Waals surface area (Å²) < 4.78 is 31.1. The highest BCUT2D eigenvalue weighted by molar-refractivity contribution is 7.85. The molecule has 1 aromatic rings. The molecule has 0 saturated heterocycles. The summed E-state index contributed by atoms with van der Waals surface area (Å²) in [6.07, 6.45) is 13.1. The lowest BCUT2D eigenvalue weighted by atomic mass is 10.0. The summed E-state index contributed by atoms with van der Waals surface area (Å²) in [6, 6.07) is 10.8. The number of hydrogen-bond donors (Lipinski definition) is 1. The van der Waals surface area contributed by atoms with E-state index in [1.165, 1.54) is 63.4 Å². The van der Waals surface area contributed by atoms with Crippen LogP contribution in [0, 0.1) is 0 Å². The topological polar surface area (TPSA) is 54.4 Å². The van der Waals surface area contributed by atoms with Crippen molar-refractivity contribution < 1.29 is 17.5 Å². The highest BCUT2D eigenvalue weighted by atomic mass is 32.2. The van der Waals surface area contributed by atoms with E-state index >= 15 is 0 Å². The first-order valence-corrected chi connectivity index (χ1v) is 12.2. The summed E-state index contributed by atoms with van der Waals surface area (Å²) in [5.74, 6) is -0.113. The normalized spacial score (nSPS) is 12.4. The fourth-order valence-corrected chi connectivity index (χ4v) is 4.08. The Morgan fingerprint density at radius 2 is 1.22 bits per heavy atom. The molecule has 0 unspecified atom stereocenters. The lowest BCUT2D eigenvalue weighted by molar-refractivity contribution is -0.890. The lowest BCUT2D eigenvalue weighted by Gasteiger charge is -2.29. The van der Waals surface area contributed by atoms with E-state index in [0.717, 1.165) is 24.0 Å². The fraction of sp³-hybridized carbons (Fsp3) is 0.727. The zero-order chi connectivity index (χ0) is 20.0. The van der Waals surface area contributed by atoms with Gasteiger partial charge in [-0.2, -0.15) is 8.42 Å². The molecule has 0 fully saturated rings. The zero-order valence-electron chi connectivity index (χ0n) is 17.4. The Morgan fingerprint density at radius 1 is 0.741 bits per heavy atom. The van der Waals surface area contributed by atoms with Gasteiger partial charge in [0.2, 0.25) is 0 Å².